The summed E-state index contributed by atoms with van der Waals surface area (Å²) in [6.45, 7) is 33.4. The van der Waals surface area contributed by atoms with Gasteiger partial charge in [0.1, 0.15) is 36.8 Å². The summed E-state index contributed by atoms with van der Waals surface area (Å²) in [6.07, 6.45) is 12.3. The van der Waals surface area contributed by atoms with Gasteiger partial charge in [0.15, 0.2) is 37.3 Å². The monoisotopic (exact) mass is 1160 g/mol. The van der Waals surface area contributed by atoms with E-state index in [0.29, 0.717) is 12.0 Å². The zero-order chi connectivity index (χ0) is 52.5. The fourth-order valence-corrected chi connectivity index (χ4v) is 12.3. The van der Waals surface area contributed by atoms with Crippen LogP contribution in [0.5, 0.6) is 0 Å². The maximum Gasteiger partial charge on any atom is 0.338 e. The average Bonchev–Trinajstić information content (AvgIpc) is 3.20. The predicted octanol–water partition coefficient (Wildman–Crippen LogP) is 14.4. The molecule has 17 heteroatoms. The number of unbranched alkanes of at least 4 members (excludes halogenated alkanes) is 14. The zero-order valence-electron chi connectivity index (χ0n) is 45.9. The Labute approximate surface area is 437 Å². The molecule has 0 aromatic heterocycles. The Hall–Kier alpha value is -0.749. The van der Waals surface area contributed by atoms with Crippen LogP contribution in [0, 0.1) is 3.57 Å². The first-order valence-electron chi connectivity index (χ1n) is 26.1. The van der Waals surface area contributed by atoms with Crippen molar-refractivity contribution in [1.82, 2.24) is 0 Å². The second-order valence-corrected chi connectivity index (χ2v) is 41.1. The third-order valence-corrected chi connectivity index (χ3v) is 29.8. The fraction of sp³-hybridized carbons (Fsp3) is 0.846. The van der Waals surface area contributed by atoms with Crippen LogP contribution < -0.4 is 0 Å². The van der Waals surface area contributed by atoms with Crippen LogP contribution in [0.1, 0.15) is 182 Å². The van der Waals surface area contributed by atoms with E-state index >= 15 is 0 Å². The molecular formula is C52H97IO12SSi3. The van der Waals surface area contributed by atoms with Crippen LogP contribution in [0.15, 0.2) is 24.3 Å². The normalized spacial score (nSPS) is 20.5. The average molecular weight is 1160 g/mol. The molecular weight excluding hydrogens is 1060 g/mol. The molecule has 69 heavy (non-hydrogen) atoms. The van der Waals surface area contributed by atoms with Crippen LogP contribution in [-0.2, 0) is 47.1 Å². The van der Waals surface area contributed by atoms with E-state index in [0.717, 1.165) is 22.8 Å². The maximum absolute atomic E-state index is 13.6. The highest BCUT2D eigenvalue weighted by molar-refractivity contribution is 14.1. The highest BCUT2D eigenvalue weighted by Crippen LogP contribution is 2.46. The molecule has 12 nitrogen and oxygen atoms in total. The van der Waals surface area contributed by atoms with Crippen LogP contribution in [0.3, 0.4) is 0 Å². The molecule has 6 atom stereocenters. The van der Waals surface area contributed by atoms with Gasteiger partial charge < -0.3 is 32.2 Å². The molecule has 1 heterocycles. The molecule has 1 N–H and O–H groups in total. The number of ether oxygens (including phenoxy) is 4. The van der Waals surface area contributed by atoms with Gasteiger partial charge in [-0.05, 0) is 108 Å². The lowest BCUT2D eigenvalue weighted by molar-refractivity contribution is -0.288. The molecule has 0 bridgehead atoms. The first-order chi connectivity index (χ1) is 31.7. The standard InChI is InChI=1S/C52H97IO12SSi3/c1-17-18-19-20-21-22-23-24-25-26-27-28-29-30-31-32-44(54)59-37-42(61-48(55)40-33-35-41(53)36-34-40)38-60-49-47(65-69(15,16)52(8,9)10)46(64-68(13,14)51(5,6)7)45(43(62-49)39-66(56,57)58)63-67(11,12)50(2,3)4/h33-36,42-43,45-47,49H,17-32,37-39H2,1-16H3,(H,56,57,58). The molecule has 1 aliphatic heterocycles. The molecule has 0 amide bonds. The summed E-state index contributed by atoms with van der Waals surface area (Å²) in [5.74, 6) is -1.79. The fourth-order valence-electron chi connectivity index (χ4n) is 7.33. The summed E-state index contributed by atoms with van der Waals surface area (Å²) in [5.41, 5.74) is 0.319. The quantitative estimate of drug-likeness (QED) is 0.0247. The lowest BCUT2D eigenvalue weighted by Gasteiger charge is -2.54. The van der Waals surface area contributed by atoms with Gasteiger partial charge in [-0.1, -0.05) is 159 Å². The number of carbonyl (C=O) groups is 2. The molecule has 0 spiro atoms. The predicted molar refractivity (Wildman–Crippen MR) is 296 cm³/mol. The van der Waals surface area contributed by atoms with Crippen LogP contribution >= 0.6 is 22.6 Å². The molecule has 402 valence electrons. The first kappa shape index (κ1) is 64.4. The Kier molecular flexibility index (Phi) is 26.9. The Morgan fingerprint density at radius 1 is 0.638 bits per heavy atom. The van der Waals surface area contributed by atoms with Crippen molar-refractivity contribution in [3.05, 3.63) is 33.4 Å². The van der Waals surface area contributed by atoms with Crippen molar-refractivity contribution < 1.29 is 54.8 Å². The summed E-state index contributed by atoms with van der Waals surface area (Å²) in [4.78, 5) is 26.8. The second-order valence-electron chi connectivity index (χ2n) is 24.1. The second kappa shape index (κ2) is 28.8. The minimum absolute atomic E-state index is 0.241. The number of hydrogen-bond acceptors (Lipinski definition) is 11. The summed E-state index contributed by atoms with van der Waals surface area (Å²) < 4.78 is 83.9. The number of hydrogen-bond donors (Lipinski definition) is 1. The summed E-state index contributed by atoms with van der Waals surface area (Å²) in [5, 5.41) is -0.820. The van der Waals surface area contributed by atoms with E-state index in [2.05, 4.69) is 131 Å². The minimum atomic E-state index is -4.61. The molecule has 1 aromatic rings. The summed E-state index contributed by atoms with van der Waals surface area (Å²) >= 11 is 2.16. The third kappa shape index (κ3) is 23.1. The van der Waals surface area contributed by atoms with Crippen molar-refractivity contribution in [2.45, 2.75) is 263 Å². The Morgan fingerprint density at radius 2 is 1.04 bits per heavy atom. The topological polar surface area (TPSA) is 153 Å². The summed E-state index contributed by atoms with van der Waals surface area (Å²) in [6, 6.07) is 6.95. The van der Waals surface area contributed by atoms with Crippen LogP contribution in [0.2, 0.25) is 54.4 Å². The van der Waals surface area contributed by atoms with Crippen molar-refractivity contribution in [3.8, 4) is 0 Å². The largest absolute Gasteiger partial charge is 0.462 e. The van der Waals surface area contributed by atoms with Crippen molar-refractivity contribution in [3.63, 3.8) is 0 Å². The zero-order valence-corrected chi connectivity index (χ0v) is 51.9. The van der Waals surface area contributed by atoms with Gasteiger partial charge in [-0.25, -0.2) is 4.79 Å². The van der Waals surface area contributed by atoms with E-state index in [4.69, 9.17) is 32.2 Å². The van der Waals surface area contributed by atoms with Crippen molar-refractivity contribution in [1.29, 1.82) is 0 Å². The van der Waals surface area contributed by atoms with Gasteiger partial charge in [-0.15, -0.1) is 0 Å². The molecule has 0 aliphatic carbocycles. The van der Waals surface area contributed by atoms with Gasteiger partial charge in [0.25, 0.3) is 10.1 Å². The lowest BCUT2D eigenvalue weighted by atomic mass is 10.00. The van der Waals surface area contributed by atoms with Gasteiger partial charge in [0.05, 0.1) is 12.2 Å². The number of rotatable bonds is 31. The van der Waals surface area contributed by atoms with Crippen LogP contribution in [-0.4, -0.2) is 106 Å². The number of halogens is 1. The van der Waals surface area contributed by atoms with E-state index < -0.39 is 89.6 Å². The van der Waals surface area contributed by atoms with Gasteiger partial charge in [-0.2, -0.15) is 8.42 Å². The van der Waals surface area contributed by atoms with E-state index in [9.17, 15) is 22.6 Å². The minimum Gasteiger partial charge on any atom is -0.462 e. The van der Waals surface area contributed by atoms with Gasteiger partial charge in [0, 0.05) is 9.99 Å². The SMILES string of the molecule is CCCCCCCCCCCCCCCCCC(=O)OCC(COC1OC(CS(=O)(=O)O)C(O[Si](C)(C)C(C)(C)C)C(O[Si](C)(C)C(C)(C)C)C1O[Si](C)(C)C(C)(C)C)OC(=O)c1ccc(I)cc1. The molecule has 1 aliphatic rings. The molecule has 2 rings (SSSR count). The van der Waals surface area contributed by atoms with Gasteiger partial charge >= 0.3 is 11.9 Å². The van der Waals surface area contributed by atoms with Gasteiger partial charge in [0.2, 0.25) is 0 Å². The van der Waals surface area contributed by atoms with E-state index in [-0.39, 0.29) is 34.7 Å². The Morgan fingerprint density at radius 3 is 1.46 bits per heavy atom. The highest BCUT2D eigenvalue weighted by atomic mass is 127. The van der Waals surface area contributed by atoms with E-state index in [1.165, 1.54) is 70.6 Å². The molecule has 6 unspecified atom stereocenters. The number of esters is 2. The molecule has 0 saturated carbocycles. The Balaban J connectivity index is 2.39. The van der Waals surface area contributed by atoms with Gasteiger partial charge in [-0.3, -0.25) is 9.35 Å². The third-order valence-electron chi connectivity index (χ3n) is 14.9. The van der Waals surface area contributed by atoms with Crippen molar-refractivity contribution in [2.75, 3.05) is 19.0 Å². The molecule has 1 aromatic carbocycles. The maximum atomic E-state index is 13.6. The first-order valence-corrected chi connectivity index (χ1v) is 37.5. The smallest absolute Gasteiger partial charge is 0.338 e. The molecule has 1 saturated heterocycles. The Bertz CT molecular complexity index is 1770. The molecule has 0 radical (unpaired) electrons. The van der Waals surface area contributed by atoms with Crippen LogP contribution in [0.25, 0.3) is 0 Å². The van der Waals surface area contributed by atoms with Crippen LogP contribution in [0.4, 0.5) is 0 Å². The lowest BCUT2D eigenvalue weighted by Crippen LogP contribution is -2.68. The highest BCUT2D eigenvalue weighted by Gasteiger charge is 2.57. The van der Waals surface area contributed by atoms with Crippen molar-refractivity contribution in [2.24, 2.45) is 0 Å². The molecule has 1 fully saturated rings. The van der Waals surface area contributed by atoms with E-state index in [1.54, 1.807) is 24.3 Å². The van der Waals surface area contributed by atoms with E-state index in [1.807, 2.05) is 0 Å². The summed E-state index contributed by atoms with van der Waals surface area (Å²) in [7, 11) is -12.7. The number of benzene rings is 1. The van der Waals surface area contributed by atoms with Crippen molar-refractivity contribution >= 4 is 69.6 Å². The number of carbonyl (C=O) groups excluding carboxylic acids is 2.